The molecule has 0 fully saturated rings. The Hall–Kier alpha value is -2.73. The van der Waals surface area contributed by atoms with Crippen LogP contribution in [-0.4, -0.2) is 29.6 Å². The van der Waals surface area contributed by atoms with Crippen molar-refractivity contribution in [1.82, 2.24) is 9.97 Å². The predicted octanol–water partition coefficient (Wildman–Crippen LogP) is 2.78. The number of rotatable bonds is 4. The first kappa shape index (κ1) is 14.2. The molecule has 6 heteroatoms. The molecule has 1 aromatic carbocycles. The Bertz CT molecular complexity index is 812. The Morgan fingerprint density at radius 1 is 1.27 bits per heavy atom. The van der Waals surface area contributed by atoms with Crippen molar-refractivity contribution in [2.45, 2.75) is 6.92 Å². The summed E-state index contributed by atoms with van der Waals surface area (Å²) in [6, 6.07) is 11.3. The number of pyridine rings is 1. The Morgan fingerprint density at radius 3 is 2.77 bits per heavy atom. The van der Waals surface area contributed by atoms with E-state index in [-0.39, 0.29) is 12.5 Å². The van der Waals surface area contributed by atoms with Crippen molar-refractivity contribution in [3.63, 3.8) is 0 Å². The molecule has 6 nitrogen and oxygen atoms in total. The number of amides is 1. The summed E-state index contributed by atoms with van der Waals surface area (Å²) in [5.74, 6) is 0.265. The summed E-state index contributed by atoms with van der Waals surface area (Å²) < 4.78 is 10.5. The number of anilines is 1. The summed E-state index contributed by atoms with van der Waals surface area (Å²) in [5, 5.41) is 2.74. The van der Waals surface area contributed by atoms with E-state index in [0.29, 0.717) is 28.5 Å². The zero-order chi connectivity index (χ0) is 15.5. The highest BCUT2D eigenvalue weighted by Crippen LogP contribution is 2.26. The largest absolute Gasteiger partial charge is 0.418 e. The van der Waals surface area contributed by atoms with Crippen LogP contribution in [0.5, 0.6) is 0 Å². The van der Waals surface area contributed by atoms with Gasteiger partial charge in [-0.3, -0.25) is 4.79 Å². The second-order valence-corrected chi connectivity index (χ2v) is 4.81. The van der Waals surface area contributed by atoms with Crippen LogP contribution in [0.25, 0.3) is 22.7 Å². The topological polar surface area (TPSA) is 77.2 Å². The molecule has 0 atom stereocenters. The minimum absolute atomic E-state index is 0.00838. The molecule has 112 valence electrons. The van der Waals surface area contributed by atoms with Crippen molar-refractivity contribution in [2.24, 2.45) is 0 Å². The van der Waals surface area contributed by atoms with Crippen molar-refractivity contribution in [2.75, 3.05) is 19.0 Å². The number of carbonyl (C=O) groups excluding carboxylic acids is 1. The molecule has 0 saturated carbocycles. The van der Waals surface area contributed by atoms with Gasteiger partial charge in [0.15, 0.2) is 0 Å². The lowest BCUT2D eigenvalue weighted by Gasteiger charge is -2.06. The third-order valence-corrected chi connectivity index (χ3v) is 3.14. The lowest BCUT2D eigenvalue weighted by atomic mass is 10.2. The Kier molecular flexibility index (Phi) is 3.84. The van der Waals surface area contributed by atoms with Crippen molar-refractivity contribution >= 4 is 22.8 Å². The number of nitrogens with one attached hydrogen (secondary N) is 1. The molecule has 0 spiro atoms. The van der Waals surface area contributed by atoms with Gasteiger partial charge in [0, 0.05) is 12.7 Å². The Morgan fingerprint density at radius 2 is 2.05 bits per heavy atom. The number of aryl methyl sites for hydroxylation is 1. The molecule has 0 aliphatic heterocycles. The van der Waals surface area contributed by atoms with E-state index < -0.39 is 0 Å². The summed E-state index contributed by atoms with van der Waals surface area (Å²) in [7, 11) is 1.47. The van der Waals surface area contributed by atoms with E-state index in [1.165, 1.54) is 7.11 Å². The van der Waals surface area contributed by atoms with E-state index >= 15 is 0 Å². The van der Waals surface area contributed by atoms with Gasteiger partial charge in [-0.25, -0.2) is 9.97 Å². The van der Waals surface area contributed by atoms with Gasteiger partial charge in [0.2, 0.25) is 17.5 Å². The number of hydrogen-bond donors (Lipinski definition) is 1. The second kappa shape index (κ2) is 5.95. The standard InChI is InChI=1S/C16H15N3O3/c1-10-12(18-14(20)9-21-2)8-13-16(17-10)22-15(19-13)11-6-4-3-5-7-11/h3-8H,9H2,1-2H3,(H,18,20). The molecule has 0 unspecified atom stereocenters. The number of aromatic nitrogens is 2. The quantitative estimate of drug-likeness (QED) is 0.801. The molecule has 0 aliphatic carbocycles. The van der Waals surface area contributed by atoms with E-state index in [1.54, 1.807) is 13.0 Å². The van der Waals surface area contributed by atoms with E-state index in [1.807, 2.05) is 30.3 Å². The Labute approximate surface area is 127 Å². The van der Waals surface area contributed by atoms with Gasteiger partial charge in [-0.2, -0.15) is 0 Å². The van der Waals surface area contributed by atoms with Crippen LogP contribution in [0, 0.1) is 6.92 Å². The van der Waals surface area contributed by atoms with Crippen LogP contribution >= 0.6 is 0 Å². The molecular weight excluding hydrogens is 282 g/mol. The maximum atomic E-state index is 11.6. The van der Waals surface area contributed by atoms with Crippen molar-refractivity contribution in [3.05, 3.63) is 42.1 Å². The van der Waals surface area contributed by atoms with Crippen LogP contribution in [-0.2, 0) is 9.53 Å². The second-order valence-electron chi connectivity index (χ2n) is 4.81. The molecule has 22 heavy (non-hydrogen) atoms. The van der Waals surface area contributed by atoms with Gasteiger partial charge in [0.25, 0.3) is 0 Å². The number of nitrogens with zero attached hydrogens (tertiary/aromatic N) is 2. The number of benzene rings is 1. The highest BCUT2D eigenvalue weighted by Gasteiger charge is 2.13. The average molecular weight is 297 g/mol. The van der Waals surface area contributed by atoms with Gasteiger partial charge >= 0.3 is 0 Å². The molecule has 2 aromatic heterocycles. The van der Waals surface area contributed by atoms with Crippen LogP contribution in [0.3, 0.4) is 0 Å². The van der Waals surface area contributed by atoms with Gasteiger partial charge in [-0.1, -0.05) is 18.2 Å². The average Bonchev–Trinajstić information content (AvgIpc) is 2.91. The smallest absolute Gasteiger partial charge is 0.250 e. The molecule has 3 aromatic rings. The molecule has 1 N–H and O–H groups in total. The number of hydrogen-bond acceptors (Lipinski definition) is 5. The third kappa shape index (κ3) is 2.82. The molecule has 1 amide bonds. The molecule has 2 heterocycles. The first-order chi connectivity index (χ1) is 10.7. The van der Waals surface area contributed by atoms with Gasteiger partial charge < -0.3 is 14.5 Å². The van der Waals surface area contributed by atoms with Gasteiger partial charge in [0.05, 0.1) is 11.4 Å². The molecular formula is C16H15N3O3. The van der Waals surface area contributed by atoms with Crippen LogP contribution in [0.1, 0.15) is 5.69 Å². The van der Waals surface area contributed by atoms with E-state index in [2.05, 4.69) is 15.3 Å². The minimum Gasteiger partial charge on any atom is -0.418 e. The monoisotopic (exact) mass is 297 g/mol. The van der Waals surface area contributed by atoms with Crippen molar-refractivity contribution in [3.8, 4) is 11.5 Å². The minimum atomic E-state index is -0.237. The SMILES string of the molecule is COCC(=O)Nc1cc2nc(-c3ccccc3)oc2nc1C. The lowest BCUT2D eigenvalue weighted by molar-refractivity contribution is -0.119. The predicted molar refractivity (Wildman–Crippen MR) is 82.5 cm³/mol. The Balaban J connectivity index is 1.97. The highest BCUT2D eigenvalue weighted by atomic mass is 16.5. The first-order valence-electron chi connectivity index (χ1n) is 6.80. The molecule has 0 bridgehead atoms. The summed E-state index contributed by atoms with van der Waals surface area (Å²) in [4.78, 5) is 20.4. The summed E-state index contributed by atoms with van der Waals surface area (Å²) in [6.07, 6.45) is 0. The number of fused-ring (bicyclic) bond motifs is 1. The van der Waals surface area contributed by atoms with E-state index in [9.17, 15) is 4.79 Å². The van der Waals surface area contributed by atoms with Crippen LogP contribution in [0.15, 0.2) is 40.8 Å². The summed E-state index contributed by atoms with van der Waals surface area (Å²) in [6.45, 7) is 1.79. The van der Waals surface area contributed by atoms with Crippen LogP contribution in [0.4, 0.5) is 5.69 Å². The number of methoxy groups -OCH3 is 1. The van der Waals surface area contributed by atoms with Crippen LogP contribution in [0.2, 0.25) is 0 Å². The summed E-state index contributed by atoms with van der Waals surface area (Å²) in [5.41, 5.74) is 3.18. The first-order valence-corrected chi connectivity index (χ1v) is 6.80. The van der Waals surface area contributed by atoms with Crippen molar-refractivity contribution < 1.29 is 13.9 Å². The van der Waals surface area contributed by atoms with Crippen molar-refractivity contribution in [1.29, 1.82) is 0 Å². The molecule has 3 rings (SSSR count). The maximum absolute atomic E-state index is 11.6. The van der Waals surface area contributed by atoms with E-state index in [0.717, 1.165) is 5.56 Å². The van der Waals surface area contributed by atoms with E-state index in [4.69, 9.17) is 9.15 Å². The fourth-order valence-electron chi connectivity index (χ4n) is 2.10. The lowest BCUT2D eigenvalue weighted by Crippen LogP contribution is -2.18. The fraction of sp³-hybridized carbons (Fsp3) is 0.188. The fourth-order valence-corrected chi connectivity index (χ4v) is 2.10. The zero-order valence-corrected chi connectivity index (χ0v) is 12.3. The molecule has 0 radical (unpaired) electrons. The van der Waals surface area contributed by atoms with Gasteiger partial charge in [0.1, 0.15) is 12.1 Å². The maximum Gasteiger partial charge on any atom is 0.250 e. The highest BCUT2D eigenvalue weighted by molar-refractivity contribution is 5.93. The molecule has 0 aliphatic rings. The van der Waals surface area contributed by atoms with Gasteiger partial charge in [-0.05, 0) is 25.1 Å². The third-order valence-electron chi connectivity index (χ3n) is 3.14. The number of ether oxygens (including phenoxy) is 1. The molecule has 0 saturated heterocycles. The van der Waals surface area contributed by atoms with Crippen LogP contribution < -0.4 is 5.32 Å². The van der Waals surface area contributed by atoms with Gasteiger partial charge in [-0.15, -0.1) is 0 Å². The normalized spacial score (nSPS) is 10.8. The zero-order valence-electron chi connectivity index (χ0n) is 12.3. The number of carbonyl (C=O) groups is 1. The number of oxazole rings is 1. The summed E-state index contributed by atoms with van der Waals surface area (Å²) >= 11 is 0.